The van der Waals surface area contributed by atoms with Crippen molar-refractivity contribution in [2.24, 2.45) is 0 Å². The predicted molar refractivity (Wildman–Crippen MR) is 72.8 cm³/mol. The Balaban J connectivity index is 2.00. The maximum absolute atomic E-state index is 12.4. The van der Waals surface area contributed by atoms with E-state index in [4.69, 9.17) is 0 Å². The Morgan fingerprint density at radius 1 is 1.00 bits per heavy atom. The second kappa shape index (κ2) is 5.65. The summed E-state index contributed by atoms with van der Waals surface area (Å²) in [5, 5.41) is 2.73. The van der Waals surface area contributed by atoms with Crippen LogP contribution in [0.1, 0.15) is 12.8 Å². The van der Waals surface area contributed by atoms with Crippen LogP contribution in [0.3, 0.4) is 0 Å². The summed E-state index contributed by atoms with van der Waals surface area (Å²) in [7, 11) is -6.52. The van der Waals surface area contributed by atoms with Crippen LogP contribution >= 0.6 is 0 Å². The molecule has 0 aromatic carbocycles. The van der Waals surface area contributed by atoms with Gasteiger partial charge in [0.05, 0.1) is 11.5 Å². The molecule has 0 saturated carbocycles. The number of sulfonamides is 2. The minimum absolute atomic E-state index is 0.248. The molecule has 0 bridgehead atoms. The highest BCUT2D eigenvalue weighted by Crippen LogP contribution is 2.18. The summed E-state index contributed by atoms with van der Waals surface area (Å²) in [6, 6.07) is 0. The SMILES string of the molecule is CS(=O)(=O)N1CCN(S(=O)(=O)C2CCCNC2)CC1. The molecule has 0 aromatic rings. The second-order valence-corrected chi connectivity index (χ2v) is 9.27. The van der Waals surface area contributed by atoms with Crippen LogP contribution in [0.15, 0.2) is 0 Å². The highest BCUT2D eigenvalue weighted by molar-refractivity contribution is 7.89. The zero-order valence-electron chi connectivity index (χ0n) is 11.1. The summed E-state index contributed by atoms with van der Waals surface area (Å²) in [4.78, 5) is 0. The maximum atomic E-state index is 12.4. The van der Waals surface area contributed by atoms with Gasteiger partial charge in [-0.15, -0.1) is 0 Å². The van der Waals surface area contributed by atoms with Gasteiger partial charge in [0.2, 0.25) is 20.0 Å². The minimum Gasteiger partial charge on any atom is -0.315 e. The van der Waals surface area contributed by atoms with Crippen molar-refractivity contribution < 1.29 is 16.8 Å². The first-order valence-electron chi connectivity index (χ1n) is 6.46. The third-order valence-electron chi connectivity index (χ3n) is 3.70. The third-order valence-corrected chi connectivity index (χ3v) is 7.33. The normalized spacial score (nSPS) is 28.4. The van der Waals surface area contributed by atoms with E-state index in [-0.39, 0.29) is 31.4 Å². The highest BCUT2D eigenvalue weighted by Gasteiger charge is 2.36. The zero-order chi connectivity index (χ0) is 14.1. The average molecular weight is 311 g/mol. The molecule has 1 N–H and O–H groups in total. The van der Waals surface area contributed by atoms with E-state index in [0.29, 0.717) is 13.0 Å². The third kappa shape index (κ3) is 3.46. The van der Waals surface area contributed by atoms with E-state index in [9.17, 15) is 16.8 Å². The van der Waals surface area contributed by atoms with Gasteiger partial charge in [-0.3, -0.25) is 0 Å². The van der Waals surface area contributed by atoms with Crippen molar-refractivity contribution in [3.05, 3.63) is 0 Å². The lowest BCUT2D eigenvalue weighted by molar-refractivity contribution is 0.270. The van der Waals surface area contributed by atoms with Crippen LogP contribution in [0.5, 0.6) is 0 Å². The molecule has 2 saturated heterocycles. The minimum atomic E-state index is -3.30. The van der Waals surface area contributed by atoms with Crippen molar-refractivity contribution in [2.75, 3.05) is 45.5 Å². The number of piperidine rings is 1. The molecule has 2 rings (SSSR count). The molecular formula is C10H21N3O4S2. The molecule has 0 radical (unpaired) electrons. The molecule has 0 spiro atoms. The Hall–Kier alpha value is -0.220. The summed E-state index contributed by atoms with van der Waals surface area (Å²) < 4.78 is 50.4. The van der Waals surface area contributed by atoms with E-state index in [1.54, 1.807) is 0 Å². The Morgan fingerprint density at radius 2 is 1.58 bits per heavy atom. The molecule has 1 atom stereocenters. The molecule has 2 aliphatic heterocycles. The number of nitrogens with zero attached hydrogens (tertiary/aromatic N) is 2. The van der Waals surface area contributed by atoms with Crippen LogP contribution in [-0.2, 0) is 20.0 Å². The fourth-order valence-corrected chi connectivity index (χ4v) is 5.25. The van der Waals surface area contributed by atoms with Crippen molar-refractivity contribution in [1.82, 2.24) is 13.9 Å². The lowest BCUT2D eigenvalue weighted by Crippen LogP contribution is -2.54. The molecule has 0 aliphatic carbocycles. The maximum Gasteiger partial charge on any atom is 0.218 e. The first-order valence-corrected chi connectivity index (χ1v) is 9.82. The Labute approximate surface area is 115 Å². The van der Waals surface area contributed by atoms with Crippen molar-refractivity contribution in [3.63, 3.8) is 0 Å². The number of nitrogens with one attached hydrogen (secondary N) is 1. The van der Waals surface area contributed by atoms with Gasteiger partial charge in [-0.05, 0) is 19.4 Å². The van der Waals surface area contributed by atoms with Gasteiger partial charge in [-0.2, -0.15) is 8.61 Å². The lowest BCUT2D eigenvalue weighted by atomic mass is 10.2. The van der Waals surface area contributed by atoms with E-state index < -0.39 is 20.0 Å². The molecule has 0 amide bonds. The molecule has 2 aliphatic rings. The number of piperazine rings is 1. The number of hydrogen-bond donors (Lipinski definition) is 1. The first kappa shape index (κ1) is 15.2. The fourth-order valence-electron chi connectivity index (χ4n) is 2.54. The lowest BCUT2D eigenvalue weighted by Gasteiger charge is -2.35. The Morgan fingerprint density at radius 3 is 2.05 bits per heavy atom. The molecule has 19 heavy (non-hydrogen) atoms. The van der Waals surface area contributed by atoms with Crippen molar-refractivity contribution >= 4 is 20.0 Å². The van der Waals surface area contributed by atoms with Crippen LogP contribution in [0, 0.1) is 0 Å². The molecule has 2 heterocycles. The molecule has 9 heteroatoms. The van der Waals surface area contributed by atoms with Crippen LogP contribution in [-0.4, -0.2) is 76.2 Å². The molecule has 0 aromatic heterocycles. The molecule has 1 unspecified atom stereocenters. The van der Waals surface area contributed by atoms with Gasteiger partial charge in [0.1, 0.15) is 0 Å². The topological polar surface area (TPSA) is 86.8 Å². The first-order chi connectivity index (χ1) is 8.82. The summed E-state index contributed by atoms with van der Waals surface area (Å²) >= 11 is 0. The van der Waals surface area contributed by atoms with E-state index >= 15 is 0 Å². The van der Waals surface area contributed by atoms with Gasteiger partial charge in [0, 0.05) is 32.7 Å². The van der Waals surface area contributed by atoms with Crippen LogP contribution in [0.4, 0.5) is 0 Å². The predicted octanol–water partition coefficient (Wildman–Crippen LogP) is -1.35. The smallest absolute Gasteiger partial charge is 0.218 e. The highest BCUT2D eigenvalue weighted by atomic mass is 32.2. The summed E-state index contributed by atoms with van der Waals surface area (Å²) in [5.41, 5.74) is 0. The number of hydrogen-bond acceptors (Lipinski definition) is 5. The summed E-state index contributed by atoms with van der Waals surface area (Å²) in [6.45, 7) is 2.37. The number of rotatable bonds is 3. The quantitative estimate of drug-likeness (QED) is 0.696. The zero-order valence-corrected chi connectivity index (χ0v) is 12.7. The van der Waals surface area contributed by atoms with Gasteiger partial charge in [-0.1, -0.05) is 0 Å². The van der Waals surface area contributed by atoms with Gasteiger partial charge in [0.15, 0.2) is 0 Å². The van der Waals surface area contributed by atoms with Crippen molar-refractivity contribution in [2.45, 2.75) is 18.1 Å². The Bertz CT molecular complexity index is 503. The molecule has 112 valence electrons. The molecular weight excluding hydrogens is 290 g/mol. The largest absolute Gasteiger partial charge is 0.315 e. The standard InChI is InChI=1S/C10H21N3O4S2/c1-18(14,15)12-5-7-13(8-6-12)19(16,17)10-3-2-4-11-9-10/h10-11H,2-9H2,1H3. The van der Waals surface area contributed by atoms with Gasteiger partial charge in [-0.25, -0.2) is 16.8 Å². The summed E-state index contributed by atoms with van der Waals surface area (Å²) in [6.07, 6.45) is 2.71. The van der Waals surface area contributed by atoms with Crippen molar-refractivity contribution in [1.29, 1.82) is 0 Å². The van der Waals surface area contributed by atoms with Gasteiger partial charge >= 0.3 is 0 Å². The Kier molecular flexibility index (Phi) is 4.51. The molecule has 7 nitrogen and oxygen atoms in total. The van der Waals surface area contributed by atoms with Crippen LogP contribution < -0.4 is 5.32 Å². The summed E-state index contributed by atoms with van der Waals surface area (Å²) in [5.74, 6) is 0. The fraction of sp³-hybridized carbons (Fsp3) is 1.00. The van der Waals surface area contributed by atoms with E-state index in [0.717, 1.165) is 19.2 Å². The van der Waals surface area contributed by atoms with E-state index in [2.05, 4.69) is 5.32 Å². The van der Waals surface area contributed by atoms with Crippen molar-refractivity contribution in [3.8, 4) is 0 Å². The van der Waals surface area contributed by atoms with Crippen LogP contribution in [0.2, 0.25) is 0 Å². The monoisotopic (exact) mass is 311 g/mol. The van der Waals surface area contributed by atoms with E-state index in [1.807, 2.05) is 0 Å². The van der Waals surface area contributed by atoms with Gasteiger partial charge < -0.3 is 5.32 Å². The van der Waals surface area contributed by atoms with E-state index in [1.165, 1.54) is 8.61 Å². The van der Waals surface area contributed by atoms with Gasteiger partial charge in [0.25, 0.3) is 0 Å². The average Bonchev–Trinajstić information content (AvgIpc) is 2.39. The second-order valence-electron chi connectivity index (χ2n) is 5.07. The van der Waals surface area contributed by atoms with Crippen LogP contribution in [0.25, 0.3) is 0 Å². The molecule has 2 fully saturated rings.